The Morgan fingerprint density at radius 3 is 2.53 bits per heavy atom. The number of pyridine rings is 1. The highest BCUT2D eigenvalue weighted by molar-refractivity contribution is 7.92. The van der Waals surface area contributed by atoms with E-state index >= 15 is 0 Å². The Morgan fingerprint density at radius 2 is 1.93 bits per heavy atom. The van der Waals surface area contributed by atoms with Gasteiger partial charge in [-0.15, -0.1) is 11.3 Å². The maximum Gasteiger partial charge on any atom is 0.209 e. The average molecular weight is 240 g/mol. The predicted molar refractivity (Wildman–Crippen MR) is 57.2 cm³/mol. The van der Waals surface area contributed by atoms with Crippen molar-refractivity contribution in [3.05, 3.63) is 41.7 Å². The van der Waals surface area contributed by atoms with Crippen molar-refractivity contribution >= 4 is 21.2 Å². The van der Waals surface area contributed by atoms with Gasteiger partial charge in [-0.05, 0) is 17.7 Å². The molecular weight excluding hydrogens is 232 g/mol. The van der Waals surface area contributed by atoms with Gasteiger partial charge in [0.15, 0.2) is 0 Å². The Labute approximate surface area is 91.6 Å². The van der Waals surface area contributed by atoms with Gasteiger partial charge in [0.05, 0.1) is 5.75 Å². The monoisotopic (exact) mass is 240 g/mol. The molecule has 0 aliphatic rings. The lowest BCUT2D eigenvalue weighted by Gasteiger charge is -1.99. The summed E-state index contributed by atoms with van der Waals surface area (Å²) in [5, 5.41) is 1.65. The molecule has 0 aromatic carbocycles. The molecule has 0 bridgehead atoms. The Morgan fingerprint density at radius 1 is 1.20 bits per heavy atom. The van der Waals surface area contributed by atoms with Crippen molar-refractivity contribution in [3.63, 3.8) is 0 Å². The van der Waals surface area contributed by atoms with Gasteiger partial charge in [0.2, 0.25) is 14.2 Å². The van der Waals surface area contributed by atoms with Crippen LogP contribution in [0.2, 0.25) is 0 Å². The van der Waals surface area contributed by atoms with Gasteiger partial charge in [-0.3, -0.25) is 4.98 Å². The second-order valence-electron chi connectivity index (χ2n) is 2.91. The van der Waals surface area contributed by atoms with Crippen LogP contribution in [0, 0.1) is 0 Å². The number of nitrogens with zero attached hydrogens (tertiary/aromatic N) is 2. The van der Waals surface area contributed by atoms with E-state index in [1.54, 1.807) is 29.9 Å². The third kappa shape index (κ3) is 2.40. The molecule has 2 aromatic rings. The minimum absolute atomic E-state index is 0.0248. The predicted octanol–water partition coefficient (Wildman–Crippen LogP) is 1.51. The summed E-state index contributed by atoms with van der Waals surface area (Å²) >= 11 is 1.13. The number of thiazole rings is 1. The lowest BCUT2D eigenvalue weighted by atomic mass is 10.3. The lowest BCUT2D eigenvalue weighted by Crippen LogP contribution is -2.04. The van der Waals surface area contributed by atoms with Crippen molar-refractivity contribution in [2.75, 3.05) is 0 Å². The number of rotatable bonds is 3. The zero-order valence-corrected chi connectivity index (χ0v) is 9.33. The fourth-order valence-corrected chi connectivity index (χ4v) is 3.39. The first-order chi connectivity index (χ1) is 7.18. The molecule has 78 valence electrons. The zero-order valence-electron chi connectivity index (χ0n) is 7.70. The van der Waals surface area contributed by atoms with E-state index in [1.165, 1.54) is 6.20 Å². The van der Waals surface area contributed by atoms with E-state index < -0.39 is 9.84 Å². The van der Waals surface area contributed by atoms with E-state index in [0.717, 1.165) is 16.9 Å². The molecule has 0 saturated carbocycles. The minimum atomic E-state index is -3.29. The number of hydrogen-bond acceptors (Lipinski definition) is 5. The average Bonchev–Trinajstić information content (AvgIpc) is 2.71. The van der Waals surface area contributed by atoms with Gasteiger partial charge in [-0.1, -0.05) is 0 Å². The van der Waals surface area contributed by atoms with Crippen molar-refractivity contribution in [3.8, 4) is 0 Å². The fraction of sp³-hybridized carbons (Fsp3) is 0.111. The molecule has 15 heavy (non-hydrogen) atoms. The highest BCUT2D eigenvalue weighted by Gasteiger charge is 2.17. The summed E-state index contributed by atoms with van der Waals surface area (Å²) in [6.45, 7) is 0. The smallest absolute Gasteiger partial charge is 0.209 e. The molecule has 0 unspecified atom stereocenters. The highest BCUT2D eigenvalue weighted by atomic mass is 32.2. The molecule has 0 aliphatic carbocycles. The van der Waals surface area contributed by atoms with E-state index in [9.17, 15) is 8.42 Å². The Balaban J connectivity index is 2.27. The van der Waals surface area contributed by atoms with Gasteiger partial charge >= 0.3 is 0 Å². The van der Waals surface area contributed by atoms with E-state index in [2.05, 4.69) is 9.97 Å². The van der Waals surface area contributed by atoms with E-state index in [0.29, 0.717) is 0 Å². The first-order valence-electron chi connectivity index (χ1n) is 4.20. The van der Waals surface area contributed by atoms with Gasteiger partial charge < -0.3 is 0 Å². The van der Waals surface area contributed by atoms with Crippen molar-refractivity contribution in [1.29, 1.82) is 0 Å². The molecule has 0 amide bonds. The number of sulfone groups is 1. The third-order valence-electron chi connectivity index (χ3n) is 1.78. The van der Waals surface area contributed by atoms with Crippen LogP contribution in [0.15, 0.2) is 40.4 Å². The normalized spacial score (nSPS) is 11.5. The molecule has 6 heteroatoms. The van der Waals surface area contributed by atoms with Crippen molar-refractivity contribution in [1.82, 2.24) is 9.97 Å². The van der Waals surface area contributed by atoms with E-state index in [1.807, 2.05) is 0 Å². The molecule has 2 aromatic heterocycles. The molecule has 0 fully saturated rings. The van der Waals surface area contributed by atoms with Crippen LogP contribution >= 0.6 is 11.3 Å². The summed E-state index contributed by atoms with van der Waals surface area (Å²) in [5.74, 6) is -0.0248. The maximum absolute atomic E-state index is 11.8. The molecule has 0 radical (unpaired) electrons. The summed E-state index contributed by atoms with van der Waals surface area (Å²) in [6.07, 6.45) is 4.64. The third-order valence-corrected chi connectivity index (χ3v) is 4.75. The largest absolute Gasteiger partial charge is 0.265 e. The first kappa shape index (κ1) is 10.3. The SMILES string of the molecule is O=S(=O)(Cc1ccncc1)c1nccs1. The van der Waals surface area contributed by atoms with Crippen molar-refractivity contribution in [2.45, 2.75) is 10.1 Å². The molecule has 0 spiro atoms. The summed E-state index contributed by atoms with van der Waals surface area (Å²) in [5.41, 5.74) is 0.722. The van der Waals surface area contributed by atoms with Crippen LogP contribution in [0.3, 0.4) is 0 Å². The van der Waals surface area contributed by atoms with Gasteiger partial charge in [0, 0.05) is 24.0 Å². The molecule has 0 atom stereocenters. The summed E-state index contributed by atoms with van der Waals surface area (Å²) < 4.78 is 23.7. The van der Waals surface area contributed by atoms with Gasteiger partial charge in [0.25, 0.3) is 0 Å². The molecular formula is C9H8N2O2S2. The van der Waals surface area contributed by atoms with Gasteiger partial charge in [-0.25, -0.2) is 13.4 Å². The topological polar surface area (TPSA) is 59.9 Å². The van der Waals surface area contributed by atoms with Crippen molar-refractivity contribution < 1.29 is 8.42 Å². The summed E-state index contributed by atoms with van der Waals surface area (Å²) in [7, 11) is -3.29. The number of hydrogen-bond donors (Lipinski definition) is 0. The van der Waals surface area contributed by atoms with Crippen LogP contribution in [0.25, 0.3) is 0 Å². The molecule has 0 saturated heterocycles. The molecule has 0 aliphatic heterocycles. The zero-order chi connectivity index (χ0) is 10.7. The molecule has 4 nitrogen and oxygen atoms in total. The van der Waals surface area contributed by atoms with Gasteiger partial charge in [-0.2, -0.15) is 0 Å². The quantitative estimate of drug-likeness (QED) is 0.816. The summed E-state index contributed by atoms with van der Waals surface area (Å²) in [4.78, 5) is 7.63. The minimum Gasteiger partial charge on any atom is -0.265 e. The highest BCUT2D eigenvalue weighted by Crippen LogP contribution is 2.17. The van der Waals surface area contributed by atoms with Crippen LogP contribution < -0.4 is 0 Å². The van der Waals surface area contributed by atoms with E-state index in [-0.39, 0.29) is 10.1 Å². The van der Waals surface area contributed by atoms with Crippen LogP contribution in [-0.4, -0.2) is 18.4 Å². The second-order valence-corrected chi connectivity index (χ2v) is 5.97. The van der Waals surface area contributed by atoms with Gasteiger partial charge in [0.1, 0.15) is 0 Å². The fourth-order valence-electron chi connectivity index (χ4n) is 1.12. The Bertz CT molecular complexity index is 521. The maximum atomic E-state index is 11.8. The summed E-state index contributed by atoms with van der Waals surface area (Å²) in [6, 6.07) is 3.37. The van der Waals surface area contributed by atoms with Crippen LogP contribution in [-0.2, 0) is 15.6 Å². The van der Waals surface area contributed by atoms with Crippen LogP contribution in [0.4, 0.5) is 0 Å². The molecule has 2 heterocycles. The number of aromatic nitrogens is 2. The lowest BCUT2D eigenvalue weighted by molar-refractivity contribution is 0.594. The Hall–Kier alpha value is -1.27. The molecule has 0 N–H and O–H groups in total. The van der Waals surface area contributed by atoms with Crippen LogP contribution in [0.1, 0.15) is 5.56 Å². The standard InChI is InChI=1S/C9H8N2O2S2/c12-15(13,9-11-5-6-14-9)7-8-1-3-10-4-2-8/h1-6H,7H2. The van der Waals surface area contributed by atoms with Crippen molar-refractivity contribution in [2.24, 2.45) is 0 Å². The first-order valence-corrected chi connectivity index (χ1v) is 6.73. The molecule has 2 rings (SSSR count). The van der Waals surface area contributed by atoms with Crippen LogP contribution in [0.5, 0.6) is 0 Å². The Kier molecular flexibility index (Phi) is 2.79. The second kappa shape index (κ2) is 4.08. The van der Waals surface area contributed by atoms with E-state index in [4.69, 9.17) is 0 Å².